The van der Waals surface area contributed by atoms with Gasteiger partial charge in [0.25, 0.3) is 0 Å². The van der Waals surface area contributed by atoms with Crippen LogP contribution in [0.15, 0.2) is 18.2 Å². The first-order chi connectivity index (χ1) is 7.38. The van der Waals surface area contributed by atoms with Crippen molar-refractivity contribution in [2.45, 2.75) is 38.0 Å². The molecular weight excluding hydrogens is 248 g/mol. The molecule has 0 aliphatic heterocycles. The topological polar surface area (TPSA) is 0 Å². The zero-order valence-corrected chi connectivity index (χ0v) is 10.6. The molecule has 0 bridgehead atoms. The van der Waals surface area contributed by atoms with E-state index in [4.69, 9.17) is 0 Å². The van der Waals surface area contributed by atoms with Gasteiger partial charge in [-0.1, -0.05) is 34.1 Å². The van der Waals surface area contributed by atoms with Crippen molar-refractivity contribution in [3.63, 3.8) is 0 Å². The molecule has 1 heteroatoms. The van der Waals surface area contributed by atoms with E-state index in [1.54, 1.807) is 16.7 Å². The summed E-state index contributed by atoms with van der Waals surface area (Å²) in [6.45, 7) is 0. The highest BCUT2D eigenvalue weighted by Gasteiger charge is 2.30. The third kappa shape index (κ3) is 1.65. The molecule has 80 valence electrons. The Kier molecular flexibility index (Phi) is 2.59. The van der Waals surface area contributed by atoms with Gasteiger partial charge < -0.3 is 0 Å². The van der Waals surface area contributed by atoms with Crippen LogP contribution in [0.3, 0.4) is 0 Å². The number of benzene rings is 1. The van der Waals surface area contributed by atoms with E-state index in [9.17, 15) is 0 Å². The van der Waals surface area contributed by atoms with E-state index in [-0.39, 0.29) is 0 Å². The molecule has 0 amide bonds. The molecule has 0 spiro atoms. The molecule has 0 radical (unpaired) electrons. The van der Waals surface area contributed by atoms with Crippen LogP contribution in [-0.4, -0.2) is 5.33 Å². The summed E-state index contributed by atoms with van der Waals surface area (Å²) in [6.07, 6.45) is 6.85. The van der Waals surface area contributed by atoms with Gasteiger partial charge in [-0.05, 0) is 60.6 Å². The number of alkyl halides is 1. The fourth-order valence-corrected chi connectivity index (χ4v) is 3.91. The molecule has 2 aliphatic carbocycles. The van der Waals surface area contributed by atoms with E-state index in [0.29, 0.717) is 0 Å². The van der Waals surface area contributed by atoms with E-state index < -0.39 is 0 Å². The quantitative estimate of drug-likeness (QED) is 0.671. The van der Waals surface area contributed by atoms with Crippen molar-refractivity contribution in [2.75, 3.05) is 5.33 Å². The highest BCUT2D eigenvalue weighted by atomic mass is 79.9. The molecule has 0 nitrogen and oxygen atoms in total. The molecule has 0 saturated heterocycles. The fraction of sp³-hybridized carbons (Fsp3) is 0.571. The highest BCUT2D eigenvalue weighted by molar-refractivity contribution is 9.09. The van der Waals surface area contributed by atoms with Crippen LogP contribution in [0.25, 0.3) is 0 Å². The number of hydrogen-bond acceptors (Lipinski definition) is 0. The van der Waals surface area contributed by atoms with Gasteiger partial charge in [-0.3, -0.25) is 0 Å². The molecule has 0 N–H and O–H groups in total. The first-order valence-corrected chi connectivity index (χ1v) is 7.17. The van der Waals surface area contributed by atoms with Gasteiger partial charge in [-0.2, -0.15) is 0 Å². The number of aryl methyl sites for hydroxylation is 1. The van der Waals surface area contributed by atoms with Crippen molar-refractivity contribution < 1.29 is 0 Å². The van der Waals surface area contributed by atoms with Crippen molar-refractivity contribution in [2.24, 2.45) is 5.92 Å². The Morgan fingerprint density at radius 3 is 3.00 bits per heavy atom. The van der Waals surface area contributed by atoms with E-state index in [2.05, 4.69) is 34.1 Å². The Morgan fingerprint density at radius 2 is 2.13 bits per heavy atom. The Labute approximate surface area is 100 Å². The molecule has 15 heavy (non-hydrogen) atoms. The Balaban J connectivity index is 2.06. The first kappa shape index (κ1) is 9.89. The lowest BCUT2D eigenvalue weighted by Crippen LogP contribution is -2.23. The van der Waals surface area contributed by atoms with Gasteiger partial charge in [-0.25, -0.2) is 0 Å². The van der Waals surface area contributed by atoms with Gasteiger partial charge in [0, 0.05) is 5.33 Å². The molecule has 0 fully saturated rings. The van der Waals surface area contributed by atoms with Crippen LogP contribution in [0.5, 0.6) is 0 Å². The highest BCUT2D eigenvalue weighted by Crippen LogP contribution is 2.43. The van der Waals surface area contributed by atoms with Crippen LogP contribution < -0.4 is 0 Å². The van der Waals surface area contributed by atoms with Gasteiger partial charge in [0.15, 0.2) is 0 Å². The lowest BCUT2D eigenvalue weighted by Gasteiger charge is -2.35. The molecule has 1 aromatic carbocycles. The summed E-state index contributed by atoms with van der Waals surface area (Å²) in [5, 5.41) is 1.17. The van der Waals surface area contributed by atoms with E-state index in [0.717, 1.165) is 11.8 Å². The van der Waals surface area contributed by atoms with Crippen LogP contribution >= 0.6 is 15.9 Å². The standard InChI is InChI=1S/C14H17Br/c15-9-10-7-12-5-1-3-11-4-2-6-13(8-10)14(11)12/h1,3,5,10,13H,2,4,6-9H2/t10-,13+/m0/s1. The van der Waals surface area contributed by atoms with Gasteiger partial charge >= 0.3 is 0 Å². The molecule has 0 aromatic heterocycles. The number of hydrogen-bond donors (Lipinski definition) is 0. The minimum atomic E-state index is 0.871. The van der Waals surface area contributed by atoms with E-state index >= 15 is 0 Å². The van der Waals surface area contributed by atoms with Crippen LogP contribution in [0.1, 0.15) is 41.9 Å². The number of halogens is 1. The average molecular weight is 265 g/mol. The molecule has 0 unspecified atom stereocenters. The molecular formula is C14H17Br. The second kappa shape index (κ2) is 3.93. The maximum Gasteiger partial charge on any atom is 0.00630 e. The van der Waals surface area contributed by atoms with Crippen molar-refractivity contribution >= 4 is 15.9 Å². The van der Waals surface area contributed by atoms with Crippen molar-refractivity contribution in [1.82, 2.24) is 0 Å². The molecule has 2 atom stereocenters. The maximum absolute atomic E-state index is 3.66. The smallest absolute Gasteiger partial charge is 0.00630 e. The molecule has 3 rings (SSSR count). The van der Waals surface area contributed by atoms with Gasteiger partial charge in [-0.15, -0.1) is 0 Å². The lowest BCUT2D eigenvalue weighted by atomic mass is 9.70. The Bertz CT molecular complexity index is 370. The molecule has 2 aliphatic rings. The predicted octanol–water partition coefficient (Wildman–Crippen LogP) is 4.06. The predicted molar refractivity (Wildman–Crippen MR) is 67.7 cm³/mol. The maximum atomic E-state index is 3.66. The SMILES string of the molecule is BrC[C@H]1Cc2cccc3c2[C@H](CCC3)C1. The first-order valence-electron chi connectivity index (χ1n) is 6.05. The van der Waals surface area contributed by atoms with Crippen LogP contribution in [0.2, 0.25) is 0 Å². The van der Waals surface area contributed by atoms with Gasteiger partial charge in [0.05, 0.1) is 0 Å². The zero-order valence-electron chi connectivity index (χ0n) is 9.01. The third-order valence-electron chi connectivity index (χ3n) is 4.04. The minimum absolute atomic E-state index is 0.871. The summed E-state index contributed by atoms with van der Waals surface area (Å²) >= 11 is 3.66. The van der Waals surface area contributed by atoms with Gasteiger partial charge in [0.1, 0.15) is 0 Å². The minimum Gasteiger partial charge on any atom is -0.0925 e. The lowest BCUT2D eigenvalue weighted by molar-refractivity contribution is 0.399. The average Bonchev–Trinajstić information content (AvgIpc) is 2.29. The van der Waals surface area contributed by atoms with E-state index in [1.807, 2.05) is 0 Å². The summed E-state index contributed by atoms with van der Waals surface area (Å²) in [5.41, 5.74) is 5.03. The molecule has 0 saturated carbocycles. The Hall–Kier alpha value is -0.300. The second-order valence-electron chi connectivity index (χ2n) is 5.04. The fourth-order valence-electron chi connectivity index (χ4n) is 3.42. The summed E-state index contributed by atoms with van der Waals surface area (Å²) in [7, 11) is 0. The van der Waals surface area contributed by atoms with Crippen LogP contribution in [-0.2, 0) is 12.8 Å². The van der Waals surface area contributed by atoms with Crippen LogP contribution in [0.4, 0.5) is 0 Å². The van der Waals surface area contributed by atoms with Crippen LogP contribution in [0, 0.1) is 5.92 Å². The molecule has 0 heterocycles. The van der Waals surface area contributed by atoms with Crippen molar-refractivity contribution in [1.29, 1.82) is 0 Å². The monoisotopic (exact) mass is 264 g/mol. The van der Waals surface area contributed by atoms with Crippen molar-refractivity contribution in [3.05, 3.63) is 34.9 Å². The molecule has 1 aromatic rings. The largest absolute Gasteiger partial charge is 0.0925 e. The summed E-state index contributed by atoms with van der Waals surface area (Å²) < 4.78 is 0. The summed E-state index contributed by atoms with van der Waals surface area (Å²) in [4.78, 5) is 0. The van der Waals surface area contributed by atoms with E-state index in [1.165, 1.54) is 37.4 Å². The van der Waals surface area contributed by atoms with Crippen molar-refractivity contribution in [3.8, 4) is 0 Å². The second-order valence-corrected chi connectivity index (χ2v) is 5.69. The summed E-state index contributed by atoms with van der Waals surface area (Å²) in [5.74, 6) is 1.75. The Morgan fingerprint density at radius 1 is 1.27 bits per heavy atom. The van der Waals surface area contributed by atoms with Gasteiger partial charge in [0.2, 0.25) is 0 Å². The third-order valence-corrected chi connectivity index (χ3v) is 4.95. The summed E-state index contributed by atoms with van der Waals surface area (Å²) in [6, 6.07) is 6.96. The normalized spacial score (nSPS) is 28.6. The zero-order chi connectivity index (χ0) is 10.3. The number of rotatable bonds is 1.